The number of nitrogens with zero attached hydrogens (tertiary/aromatic N) is 3. The summed E-state index contributed by atoms with van der Waals surface area (Å²) in [6.45, 7) is 0. The number of nitrogens with one attached hydrogen (secondary N) is 2. The van der Waals surface area contributed by atoms with E-state index in [2.05, 4.69) is 32.4 Å². The van der Waals surface area contributed by atoms with Crippen molar-refractivity contribution in [3.05, 3.63) is 41.6 Å². The number of hydrogen-bond acceptors (Lipinski definition) is 6. The van der Waals surface area contributed by atoms with Crippen LogP contribution in [-0.2, 0) is 4.79 Å². The molecule has 4 N–H and O–H groups in total. The van der Waals surface area contributed by atoms with Crippen LogP contribution in [0.5, 0.6) is 5.75 Å². The molecule has 2 heterocycles. The normalized spacial score (nSPS) is 23.6. The topological polar surface area (TPSA) is 109 Å². The van der Waals surface area contributed by atoms with Crippen molar-refractivity contribution >= 4 is 40.0 Å². The SMILES string of the molecule is COc1cc(N(C)C)ccc1-c1nc2ncc(Cl)c(N[C@H]3[C@@H](C(N)=O)[C@@H]4C=C[C@H]3C4)c2[nH]1. The minimum Gasteiger partial charge on any atom is -0.496 e. The number of carbonyl (C=O) groups is 1. The number of fused-ring (bicyclic) bond motifs is 3. The highest BCUT2D eigenvalue weighted by Crippen LogP contribution is 2.46. The van der Waals surface area contributed by atoms with Crippen LogP contribution in [0.25, 0.3) is 22.6 Å². The first kappa shape index (κ1) is 20.6. The maximum absolute atomic E-state index is 12.1. The van der Waals surface area contributed by atoms with Gasteiger partial charge in [0, 0.05) is 31.9 Å². The molecule has 2 aliphatic carbocycles. The van der Waals surface area contributed by atoms with Gasteiger partial charge in [-0.1, -0.05) is 23.8 Å². The zero-order valence-corrected chi connectivity index (χ0v) is 18.8. The standard InChI is InChI=1S/C23H25ClN6O2/c1-30(2)13-6-7-14(16(9-13)32-3)22-28-20-19(15(24)10-26-23(20)29-22)27-18-12-5-4-11(8-12)17(18)21(25)31/h4-7,9-12,17-18H,8H2,1-3H3,(H2,25,31)(H2,26,27,28,29)/t11-,12+,17+,18-/m1/s1. The predicted octanol–water partition coefficient (Wildman–Crippen LogP) is 3.44. The third-order valence-corrected chi connectivity index (χ3v) is 6.82. The van der Waals surface area contributed by atoms with E-state index in [4.69, 9.17) is 22.1 Å². The van der Waals surface area contributed by atoms with E-state index in [1.54, 1.807) is 13.3 Å². The van der Waals surface area contributed by atoms with Crippen molar-refractivity contribution in [1.29, 1.82) is 0 Å². The lowest BCUT2D eigenvalue weighted by Gasteiger charge is -2.28. The molecule has 3 aromatic rings. The van der Waals surface area contributed by atoms with E-state index < -0.39 is 0 Å². The average molecular weight is 453 g/mol. The van der Waals surface area contributed by atoms with Gasteiger partial charge in [-0.15, -0.1) is 0 Å². The second kappa shape index (κ2) is 7.70. The van der Waals surface area contributed by atoms with E-state index >= 15 is 0 Å². The minimum atomic E-state index is -0.295. The summed E-state index contributed by atoms with van der Waals surface area (Å²) in [5.41, 5.74) is 9.45. The Bertz CT molecular complexity index is 1240. The van der Waals surface area contributed by atoms with Gasteiger partial charge >= 0.3 is 0 Å². The van der Waals surface area contributed by atoms with Gasteiger partial charge in [0.15, 0.2) is 5.65 Å². The molecule has 8 nitrogen and oxygen atoms in total. The van der Waals surface area contributed by atoms with Crippen LogP contribution in [-0.4, -0.2) is 48.1 Å². The lowest BCUT2D eigenvalue weighted by atomic mass is 9.88. The summed E-state index contributed by atoms with van der Waals surface area (Å²) in [5, 5.41) is 3.96. The number of aromatic amines is 1. The van der Waals surface area contributed by atoms with E-state index in [1.165, 1.54) is 0 Å². The van der Waals surface area contributed by atoms with Gasteiger partial charge in [-0.05, 0) is 30.4 Å². The maximum atomic E-state index is 12.1. The van der Waals surface area contributed by atoms with Crippen molar-refractivity contribution in [2.75, 3.05) is 31.4 Å². The average Bonchev–Trinajstić information content (AvgIpc) is 3.49. The molecule has 2 bridgehead atoms. The largest absolute Gasteiger partial charge is 0.496 e. The number of hydrogen-bond donors (Lipinski definition) is 3. The van der Waals surface area contributed by atoms with Crippen LogP contribution in [0.2, 0.25) is 5.02 Å². The van der Waals surface area contributed by atoms with Crippen LogP contribution in [0.15, 0.2) is 36.5 Å². The van der Waals surface area contributed by atoms with Gasteiger partial charge in [0.25, 0.3) is 0 Å². The smallest absolute Gasteiger partial charge is 0.223 e. The number of benzene rings is 1. The summed E-state index contributed by atoms with van der Waals surface area (Å²) in [6.07, 6.45) is 6.75. The van der Waals surface area contributed by atoms with Gasteiger partial charge in [-0.25, -0.2) is 9.97 Å². The molecule has 32 heavy (non-hydrogen) atoms. The van der Waals surface area contributed by atoms with E-state index in [1.807, 2.05) is 37.2 Å². The van der Waals surface area contributed by atoms with Crippen molar-refractivity contribution in [3.63, 3.8) is 0 Å². The summed E-state index contributed by atoms with van der Waals surface area (Å²) < 4.78 is 5.61. The minimum absolute atomic E-state index is 0.119. The Hall–Kier alpha value is -3.26. The fourth-order valence-corrected chi connectivity index (χ4v) is 5.13. The Morgan fingerprint density at radius 2 is 2.09 bits per heavy atom. The molecule has 1 amide bonds. The Kier molecular flexibility index (Phi) is 4.97. The Labute approximate surface area is 190 Å². The number of allylic oxidation sites excluding steroid dienone is 1. The number of imidazole rings is 1. The van der Waals surface area contributed by atoms with Gasteiger partial charge in [0.1, 0.15) is 17.1 Å². The number of primary amides is 1. The van der Waals surface area contributed by atoms with Crippen LogP contribution < -0.4 is 20.7 Å². The third kappa shape index (κ3) is 3.26. The van der Waals surface area contributed by atoms with Crippen LogP contribution >= 0.6 is 11.6 Å². The molecule has 1 saturated carbocycles. The molecule has 2 aromatic heterocycles. The summed E-state index contributed by atoms with van der Waals surface area (Å²) in [4.78, 5) is 26.6. The molecule has 0 radical (unpaired) electrons. The zero-order chi connectivity index (χ0) is 22.6. The maximum Gasteiger partial charge on any atom is 0.223 e. The summed E-state index contributed by atoms with van der Waals surface area (Å²) in [6, 6.07) is 5.81. The van der Waals surface area contributed by atoms with Gasteiger partial charge in [-0.3, -0.25) is 4.79 Å². The number of halogens is 1. The number of methoxy groups -OCH3 is 1. The van der Waals surface area contributed by atoms with Crippen molar-refractivity contribution in [2.24, 2.45) is 23.5 Å². The number of aromatic nitrogens is 3. The van der Waals surface area contributed by atoms with Crippen molar-refractivity contribution in [2.45, 2.75) is 12.5 Å². The summed E-state index contributed by atoms with van der Waals surface area (Å²) in [5.74, 6) is 1.16. The van der Waals surface area contributed by atoms with Gasteiger partial charge in [-0.2, -0.15) is 0 Å². The highest BCUT2D eigenvalue weighted by atomic mass is 35.5. The molecular weight excluding hydrogens is 428 g/mol. The summed E-state index contributed by atoms with van der Waals surface area (Å²) in [7, 11) is 5.59. The highest BCUT2D eigenvalue weighted by molar-refractivity contribution is 6.34. The molecule has 0 aliphatic heterocycles. The fraction of sp³-hybridized carbons (Fsp3) is 0.348. The van der Waals surface area contributed by atoms with Crippen molar-refractivity contribution in [3.8, 4) is 17.1 Å². The lowest BCUT2D eigenvalue weighted by Crippen LogP contribution is -2.41. The molecule has 166 valence electrons. The Morgan fingerprint density at radius 3 is 2.81 bits per heavy atom. The van der Waals surface area contributed by atoms with E-state index in [9.17, 15) is 4.79 Å². The molecule has 0 saturated heterocycles. The molecule has 4 atom stereocenters. The molecule has 2 aliphatic rings. The van der Waals surface area contributed by atoms with Crippen molar-refractivity contribution < 1.29 is 9.53 Å². The second-order valence-electron chi connectivity index (χ2n) is 8.59. The number of nitrogens with two attached hydrogens (primary N) is 1. The van der Waals surface area contributed by atoms with E-state index in [-0.39, 0.29) is 29.7 Å². The molecule has 9 heteroatoms. The van der Waals surface area contributed by atoms with E-state index in [0.29, 0.717) is 33.4 Å². The molecule has 1 aromatic carbocycles. The first-order valence-electron chi connectivity index (χ1n) is 10.5. The van der Waals surface area contributed by atoms with E-state index in [0.717, 1.165) is 17.7 Å². The first-order valence-corrected chi connectivity index (χ1v) is 10.9. The van der Waals surface area contributed by atoms with Crippen LogP contribution in [0, 0.1) is 17.8 Å². The number of pyridine rings is 1. The Balaban J connectivity index is 1.56. The number of anilines is 2. The second-order valence-corrected chi connectivity index (χ2v) is 9.00. The zero-order valence-electron chi connectivity index (χ0n) is 18.1. The monoisotopic (exact) mass is 452 g/mol. The quantitative estimate of drug-likeness (QED) is 0.494. The number of ether oxygens (including phenoxy) is 1. The van der Waals surface area contributed by atoms with Gasteiger partial charge in [0.2, 0.25) is 5.91 Å². The summed E-state index contributed by atoms with van der Waals surface area (Å²) >= 11 is 6.54. The molecule has 1 fully saturated rings. The number of rotatable bonds is 6. The number of amides is 1. The van der Waals surface area contributed by atoms with Crippen LogP contribution in [0.1, 0.15) is 6.42 Å². The molecule has 0 unspecified atom stereocenters. The number of carbonyl (C=O) groups excluding carboxylic acids is 1. The third-order valence-electron chi connectivity index (χ3n) is 6.53. The van der Waals surface area contributed by atoms with Crippen LogP contribution in [0.3, 0.4) is 0 Å². The Morgan fingerprint density at radius 1 is 1.31 bits per heavy atom. The number of H-pyrrole nitrogens is 1. The molecule has 5 rings (SSSR count). The fourth-order valence-electron chi connectivity index (χ4n) is 4.93. The highest BCUT2D eigenvalue weighted by Gasteiger charge is 2.47. The lowest BCUT2D eigenvalue weighted by molar-refractivity contribution is -0.122. The predicted molar refractivity (Wildman–Crippen MR) is 126 cm³/mol. The van der Waals surface area contributed by atoms with Gasteiger partial charge < -0.3 is 25.7 Å². The molecule has 0 spiro atoms. The molecular formula is C23H25ClN6O2. The van der Waals surface area contributed by atoms with Crippen molar-refractivity contribution in [1.82, 2.24) is 15.0 Å². The van der Waals surface area contributed by atoms with Crippen LogP contribution in [0.4, 0.5) is 11.4 Å². The first-order chi connectivity index (χ1) is 15.4. The van der Waals surface area contributed by atoms with Gasteiger partial charge in [0.05, 0.1) is 35.5 Å².